The fourth-order valence-electron chi connectivity index (χ4n) is 0.0747. The Bertz CT molecular complexity index is 93.8. The van der Waals surface area contributed by atoms with Crippen LogP contribution in [-0.2, 0) is 4.74 Å². The van der Waals surface area contributed by atoms with E-state index in [1.165, 1.54) is 0 Å². The van der Waals surface area contributed by atoms with E-state index in [9.17, 15) is 9.59 Å². The topological polar surface area (TPSA) is 83.8 Å². The second-order valence-electron chi connectivity index (χ2n) is 0.634. The Kier molecular flexibility index (Phi) is 29.6. The van der Waals surface area contributed by atoms with E-state index in [0.29, 0.717) is 0 Å². The molecular formula is C2H8CaMg2O5. The van der Waals surface area contributed by atoms with Crippen LogP contribution in [0.25, 0.3) is 0 Å². The van der Waals surface area contributed by atoms with Crippen molar-refractivity contribution >= 4 is 96.2 Å². The SMILES string of the molecule is O=C(O)OC(=O)O.[CaH2].[MgH2].[MgH2]. The van der Waals surface area contributed by atoms with Gasteiger partial charge in [-0.15, -0.1) is 0 Å². The van der Waals surface area contributed by atoms with E-state index in [0.717, 1.165) is 0 Å². The molecule has 0 unspecified atom stereocenters. The van der Waals surface area contributed by atoms with Gasteiger partial charge in [0.1, 0.15) is 0 Å². The fraction of sp³-hybridized carbons (Fsp3) is 0. The Hall–Kier alpha value is 1.53. The van der Waals surface area contributed by atoms with Crippen LogP contribution in [0.4, 0.5) is 9.59 Å². The van der Waals surface area contributed by atoms with E-state index in [1.54, 1.807) is 0 Å². The van der Waals surface area contributed by atoms with E-state index in [4.69, 9.17) is 10.2 Å². The maximum Gasteiger partial charge on any atom is 0.316 e. The van der Waals surface area contributed by atoms with Gasteiger partial charge in [-0.25, -0.2) is 9.59 Å². The van der Waals surface area contributed by atoms with Crippen molar-refractivity contribution in [3.05, 3.63) is 0 Å². The third-order valence-electron chi connectivity index (χ3n) is 0.175. The van der Waals surface area contributed by atoms with Crippen LogP contribution < -0.4 is 0 Å². The molecule has 10 heavy (non-hydrogen) atoms. The van der Waals surface area contributed by atoms with Crippen LogP contribution >= 0.6 is 0 Å². The summed E-state index contributed by atoms with van der Waals surface area (Å²) in [5.41, 5.74) is 0. The summed E-state index contributed by atoms with van der Waals surface area (Å²) in [6.45, 7) is 0. The van der Waals surface area contributed by atoms with Crippen molar-refractivity contribution in [3.63, 3.8) is 0 Å². The van der Waals surface area contributed by atoms with Crippen LogP contribution in [0.1, 0.15) is 0 Å². The first-order valence-corrected chi connectivity index (χ1v) is 1.26. The van der Waals surface area contributed by atoms with E-state index in [-0.39, 0.29) is 83.8 Å². The van der Waals surface area contributed by atoms with Gasteiger partial charge in [0.05, 0.1) is 0 Å². The minimum atomic E-state index is -1.81. The van der Waals surface area contributed by atoms with Gasteiger partial charge in [0.2, 0.25) is 0 Å². The minimum absolute atomic E-state index is 0. The number of carboxylic acid groups (broad SMARTS) is 2. The molecule has 2 N–H and O–H groups in total. The van der Waals surface area contributed by atoms with Crippen molar-refractivity contribution in [1.82, 2.24) is 0 Å². The molecule has 0 aliphatic rings. The Labute approximate surface area is 119 Å². The summed E-state index contributed by atoms with van der Waals surface area (Å²) in [6.07, 6.45) is -3.62. The van der Waals surface area contributed by atoms with Crippen molar-refractivity contribution in [3.8, 4) is 0 Å². The number of hydrogen-bond donors (Lipinski definition) is 2. The molecule has 0 atom stereocenters. The summed E-state index contributed by atoms with van der Waals surface area (Å²) >= 11 is 0. The molecule has 0 bridgehead atoms. The van der Waals surface area contributed by atoms with Crippen LogP contribution in [0.2, 0.25) is 0 Å². The van der Waals surface area contributed by atoms with Crippen molar-refractivity contribution in [1.29, 1.82) is 0 Å². The predicted octanol–water partition coefficient (Wildman–Crippen LogP) is -2.39. The molecule has 0 saturated carbocycles. The molecule has 0 aromatic carbocycles. The quantitative estimate of drug-likeness (QED) is 0.259. The normalized spacial score (nSPS) is 5.20. The molecule has 0 heterocycles. The second-order valence-corrected chi connectivity index (χ2v) is 0.634. The summed E-state index contributed by atoms with van der Waals surface area (Å²) in [5, 5.41) is 15.0. The molecule has 0 saturated heterocycles. The standard InChI is InChI=1S/C2H2O5.Ca.2Mg.6H/c3-1(4)7-2(5)6;;;;;;;;;/h(H,3,4)(H,5,6);;;;;;;;;. The van der Waals surface area contributed by atoms with Gasteiger partial charge < -0.3 is 14.9 Å². The smallest absolute Gasteiger partial charge is 0.316 e. The minimum Gasteiger partial charge on any atom is 0.316 e. The molecule has 0 aromatic heterocycles. The van der Waals surface area contributed by atoms with Gasteiger partial charge in [0.15, 0.2) is 0 Å². The molecule has 0 amide bonds. The first-order chi connectivity index (χ1) is 3.13. The van der Waals surface area contributed by atoms with Crippen LogP contribution in [0.15, 0.2) is 0 Å². The zero-order chi connectivity index (χ0) is 5.86. The zero-order valence-corrected chi connectivity index (χ0v) is 3.12. The molecule has 5 nitrogen and oxygen atoms in total. The monoisotopic (exact) mass is 200 g/mol. The van der Waals surface area contributed by atoms with Crippen LogP contribution in [0.5, 0.6) is 0 Å². The van der Waals surface area contributed by atoms with Gasteiger partial charge in [-0.1, -0.05) is 0 Å². The third kappa shape index (κ3) is 22.7. The van der Waals surface area contributed by atoms with Gasteiger partial charge >= 0.3 is 96.2 Å². The molecule has 0 spiro atoms. The van der Waals surface area contributed by atoms with Gasteiger partial charge in [-0.05, 0) is 0 Å². The second kappa shape index (κ2) is 13.1. The molecule has 0 aliphatic carbocycles. The molecule has 0 fully saturated rings. The van der Waals surface area contributed by atoms with Crippen molar-refractivity contribution < 1.29 is 24.5 Å². The Morgan fingerprint density at radius 3 is 1.20 bits per heavy atom. The Morgan fingerprint density at radius 2 is 1.20 bits per heavy atom. The van der Waals surface area contributed by atoms with Gasteiger partial charge in [-0.3, -0.25) is 0 Å². The number of rotatable bonds is 0. The Balaban J connectivity index is -0.0000000600. The van der Waals surface area contributed by atoms with E-state index in [2.05, 4.69) is 4.74 Å². The van der Waals surface area contributed by atoms with Gasteiger partial charge in [0, 0.05) is 0 Å². The van der Waals surface area contributed by atoms with Crippen molar-refractivity contribution in [2.45, 2.75) is 0 Å². The summed E-state index contributed by atoms with van der Waals surface area (Å²) in [6, 6.07) is 0. The number of ether oxygens (including phenoxy) is 1. The zero-order valence-electron chi connectivity index (χ0n) is 3.12. The van der Waals surface area contributed by atoms with Crippen LogP contribution in [0.3, 0.4) is 0 Å². The van der Waals surface area contributed by atoms with Gasteiger partial charge in [0.25, 0.3) is 0 Å². The molecule has 0 radical (unpaired) electrons. The maximum atomic E-state index is 9.21. The maximum absolute atomic E-state index is 9.21. The summed E-state index contributed by atoms with van der Waals surface area (Å²) in [5.74, 6) is 0. The van der Waals surface area contributed by atoms with Crippen LogP contribution in [0, 0.1) is 0 Å². The van der Waals surface area contributed by atoms with Gasteiger partial charge in [-0.2, -0.15) is 0 Å². The summed E-state index contributed by atoms with van der Waals surface area (Å²) < 4.78 is 3.08. The predicted molar refractivity (Wildman–Crippen MR) is 42.8 cm³/mol. The van der Waals surface area contributed by atoms with E-state index >= 15 is 0 Å². The van der Waals surface area contributed by atoms with Crippen molar-refractivity contribution in [2.24, 2.45) is 0 Å². The average molecular weight is 201 g/mol. The first kappa shape index (κ1) is 22.5. The van der Waals surface area contributed by atoms with Crippen LogP contribution in [-0.4, -0.2) is 106 Å². The average Bonchev–Trinajstić information content (AvgIpc) is 1.27. The first-order valence-electron chi connectivity index (χ1n) is 1.26. The molecule has 0 aromatic rings. The molecule has 8 heteroatoms. The van der Waals surface area contributed by atoms with Crippen molar-refractivity contribution in [2.75, 3.05) is 0 Å². The largest absolute Gasteiger partial charge is 0.316 e. The molecule has 0 aliphatic heterocycles. The summed E-state index contributed by atoms with van der Waals surface area (Å²) in [7, 11) is 0. The summed E-state index contributed by atoms with van der Waals surface area (Å²) in [4.78, 5) is 18.4. The molecule has 0 rings (SSSR count). The number of hydrogen-bond acceptors (Lipinski definition) is 3. The number of carbonyl (C=O) groups is 2. The molecule has 52 valence electrons. The van der Waals surface area contributed by atoms with E-state index < -0.39 is 12.3 Å². The fourth-order valence-corrected chi connectivity index (χ4v) is 0.0747. The Morgan fingerprint density at radius 1 is 1.00 bits per heavy atom. The third-order valence-corrected chi connectivity index (χ3v) is 0.175. The van der Waals surface area contributed by atoms with E-state index in [1.807, 2.05) is 0 Å². The molecular weight excluding hydrogens is 193 g/mol.